The predicted octanol–water partition coefficient (Wildman–Crippen LogP) is 3.10. The summed E-state index contributed by atoms with van der Waals surface area (Å²) in [6.07, 6.45) is 1.01. The molecule has 2 N–H and O–H groups in total. The molecule has 1 saturated heterocycles. The van der Waals surface area contributed by atoms with Crippen molar-refractivity contribution in [3.63, 3.8) is 0 Å². The van der Waals surface area contributed by atoms with E-state index in [4.69, 9.17) is 25.8 Å². The van der Waals surface area contributed by atoms with Crippen LogP contribution in [0, 0.1) is 0 Å². The number of nitrogens with zero attached hydrogens (tertiary/aromatic N) is 1. The van der Waals surface area contributed by atoms with Crippen molar-refractivity contribution in [1.29, 1.82) is 0 Å². The van der Waals surface area contributed by atoms with Crippen molar-refractivity contribution in [2.24, 2.45) is 0 Å². The van der Waals surface area contributed by atoms with Crippen LogP contribution in [0.5, 0.6) is 11.5 Å². The summed E-state index contributed by atoms with van der Waals surface area (Å²) in [5.74, 6) is 0.869. The SMILES string of the molecule is CCOC(=O)N1CCC(NC(=O)Nc2cc(OC)c(Cl)cc2OC)CC1. The highest BCUT2D eigenvalue weighted by atomic mass is 35.5. The van der Waals surface area contributed by atoms with Crippen LogP contribution in [0.4, 0.5) is 15.3 Å². The second kappa shape index (κ2) is 9.38. The van der Waals surface area contributed by atoms with E-state index in [-0.39, 0.29) is 18.2 Å². The monoisotopic (exact) mass is 385 g/mol. The first-order valence-electron chi connectivity index (χ1n) is 8.39. The minimum absolute atomic E-state index is 0.0270. The van der Waals surface area contributed by atoms with Gasteiger partial charge in [0.25, 0.3) is 0 Å². The number of ether oxygens (including phenoxy) is 3. The Labute approximate surface area is 157 Å². The first kappa shape index (κ1) is 20.0. The van der Waals surface area contributed by atoms with Gasteiger partial charge >= 0.3 is 12.1 Å². The lowest BCUT2D eigenvalue weighted by atomic mass is 10.1. The molecule has 0 radical (unpaired) electrons. The third-order valence-corrected chi connectivity index (χ3v) is 4.37. The third kappa shape index (κ3) is 5.08. The Morgan fingerprint density at radius 1 is 1.19 bits per heavy atom. The molecule has 144 valence electrons. The molecule has 26 heavy (non-hydrogen) atoms. The maximum absolute atomic E-state index is 12.3. The Bertz CT molecular complexity index is 648. The first-order valence-corrected chi connectivity index (χ1v) is 8.77. The second-order valence-electron chi connectivity index (χ2n) is 5.75. The molecule has 0 unspecified atom stereocenters. The number of anilines is 1. The Hall–Kier alpha value is -2.35. The zero-order valence-corrected chi connectivity index (χ0v) is 15.9. The molecule has 2 rings (SSSR count). The van der Waals surface area contributed by atoms with Gasteiger partial charge in [0.2, 0.25) is 0 Å². The van der Waals surface area contributed by atoms with Crippen LogP contribution in [0.2, 0.25) is 5.02 Å². The van der Waals surface area contributed by atoms with E-state index in [2.05, 4.69) is 10.6 Å². The van der Waals surface area contributed by atoms with Gasteiger partial charge in [-0.25, -0.2) is 9.59 Å². The number of likely N-dealkylation sites (tertiary alicyclic amines) is 1. The fraction of sp³-hybridized carbons (Fsp3) is 0.529. The minimum Gasteiger partial charge on any atom is -0.495 e. The van der Waals surface area contributed by atoms with E-state index in [1.54, 1.807) is 24.0 Å². The van der Waals surface area contributed by atoms with Crippen molar-refractivity contribution in [3.8, 4) is 11.5 Å². The molecule has 8 nitrogen and oxygen atoms in total. The zero-order valence-electron chi connectivity index (χ0n) is 15.1. The number of piperidine rings is 1. The number of amides is 3. The van der Waals surface area contributed by atoms with Crippen molar-refractivity contribution in [2.75, 3.05) is 39.2 Å². The highest BCUT2D eigenvalue weighted by Crippen LogP contribution is 2.35. The molecule has 0 aromatic heterocycles. The highest BCUT2D eigenvalue weighted by Gasteiger charge is 2.24. The normalized spacial score (nSPS) is 14.5. The molecule has 1 aliphatic heterocycles. The average Bonchev–Trinajstić information content (AvgIpc) is 2.63. The van der Waals surface area contributed by atoms with E-state index in [0.717, 1.165) is 0 Å². The molecule has 0 saturated carbocycles. The summed E-state index contributed by atoms with van der Waals surface area (Å²) in [5.41, 5.74) is 0.454. The first-order chi connectivity index (χ1) is 12.5. The predicted molar refractivity (Wildman–Crippen MR) is 98.3 cm³/mol. The number of urea groups is 1. The Morgan fingerprint density at radius 2 is 1.85 bits per heavy atom. The van der Waals surface area contributed by atoms with Crippen LogP contribution in [0.25, 0.3) is 0 Å². The van der Waals surface area contributed by atoms with Gasteiger partial charge in [-0.15, -0.1) is 0 Å². The van der Waals surface area contributed by atoms with Gasteiger partial charge in [0.1, 0.15) is 11.5 Å². The molecular formula is C17H24ClN3O5. The molecule has 9 heteroatoms. The molecule has 0 bridgehead atoms. The summed E-state index contributed by atoms with van der Waals surface area (Å²) in [6.45, 7) is 3.21. The van der Waals surface area contributed by atoms with Crippen molar-refractivity contribution < 1.29 is 23.8 Å². The van der Waals surface area contributed by atoms with Gasteiger partial charge in [0.05, 0.1) is 31.5 Å². The highest BCUT2D eigenvalue weighted by molar-refractivity contribution is 6.32. The van der Waals surface area contributed by atoms with Crippen molar-refractivity contribution in [1.82, 2.24) is 10.2 Å². The number of carbonyl (C=O) groups is 2. The Morgan fingerprint density at radius 3 is 2.42 bits per heavy atom. The second-order valence-corrected chi connectivity index (χ2v) is 6.15. The molecule has 3 amide bonds. The van der Waals surface area contributed by atoms with Crippen LogP contribution in [-0.4, -0.2) is 57.0 Å². The number of hydrogen-bond donors (Lipinski definition) is 2. The summed E-state index contributed by atoms with van der Waals surface area (Å²) in [6, 6.07) is 2.79. The van der Waals surface area contributed by atoms with Crippen LogP contribution >= 0.6 is 11.6 Å². The summed E-state index contributed by atoms with van der Waals surface area (Å²) in [4.78, 5) is 25.6. The fourth-order valence-corrected chi connectivity index (χ4v) is 2.95. The zero-order chi connectivity index (χ0) is 19.1. The largest absolute Gasteiger partial charge is 0.495 e. The molecule has 0 spiro atoms. The Kier molecular flexibility index (Phi) is 7.20. The summed E-state index contributed by atoms with van der Waals surface area (Å²) in [5, 5.41) is 6.04. The lowest BCUT2D eigenvalue weighted by Crippen LogP contribution is -2.47. The third-order valence-electron chi connectivity index (χ3n) is 4.08. The number of nitrogens with one attached hydrogen (secondary N) is 2. The number of halogens is 1. The van der Waals surface area contributed by atoms with Gasteiger partial charge < -0.3 is 29.7 Å². The number of benzene rings is 1. The van der Waals surface area contributed by atoms with E-state index in [9.17, 15) is 9.59 Å². The minimum atomic E-state index is -0.359. The van der Waals surface area contributed by atoms with Crippen LogP contribution in [0.3, 0.4) is 0 Å². The Balaban J connectivity index is 1.91. The quantitative estimate of drug-likeness (QED) is 0.812. The standard InChI is InChI=1S/C17H24ClN3O5/c1-4-26-17(23)21-7-5-11(6-8-21)19-16(22)20-13-10-14(24-2)12(18)9-15(13)25-3/h9-11H,4-8H2,1-3H3,(H2,19,20,22). The number of hydrogen-bond acceptors (Lipinski definition) is 5. The number of carbonyl (C=O) groups excluding carboxylic acids is 2. The topological polar surface area (TPSA) is 89.1 Å². The van der Waals surface area contributed by atoms with Gasteiger partial charge in [-0.2, -0.15) is 0 Å². The van der Waals surface area contributed by atoms with Crippen LogP contribution in [0.1, 0.15) is 19.8 Å². The van der Waals surface area contributed by atoms with Gasteiger partial charge in [-0.3, -0.25) is 0 Å². The molecule has 1 aromatic carbocycles. The molecule has 1 heterocycles. The van der Waals surface area contributed by atoms with E-state index in [1.807, 2.05) is 0 Å². The summed E-state index contributed by atoms with van der Waals surface area (Å²) in [7, 11) is 2.99. The fourth-order valence-electron chi connectivity index (χ4n) is 2.72. The van der Waals surface area contributed by atoms with Crippen LogP contribution < -0.4 is 20.1 Å². The van der Waals surface area contributed by atoms with Crippen molar-refractivity contribution in [2.45, 2.75) is 25.8 Å². The lowest BCUT2D eigenvalue weighted by Gasteiger charge is -2.31. The van der Waals surface area contributed by atoms with Gasteiger partial charge in [0, 0.05) is 31.3 Å². The molecule has 0 aliphatic carbocycles. The molecule has 1 aliphatic rings. The molecule has 1 aromatic rings. The average molecular weight is 386 g/mol. The van der Waals surface area contributed by atoms with Crippen molar-refractivity contribution >= 4 is 29.4 Å². The summed E-state index contributed by atoms with van der Waals surface area (Å²) >= 11 is 6.06. The van der Waals surface area contributed by atoms with E-state index >= 15 is 0 Å². The molecule has 0 atom stereocenters. The number of methoxy groups -OCH3 is 2. The van der Waals surface area contributed by atoms with Gasteiger partial charge in [-0.1, -0.05) is 11.6 Å². The van der Waals surface area contributed by atoms with Crippen molar-refractivity contribution in [3.05, 3.63) is 17.2 Å². The van der Waals surface area contributed by atoms with Gasteiger partial charge in [0.15, 0.2) is 0 Å². The van der Waals surface area contributed by atoms with E-state index in [0.29, 0.717) is 54.7 Å². The van der Waals surface area contributed by atoms with Crippen LogP contribution in [-0.2, 0) is 4.74 Å². The maximum atomic E-state index is 12.3. The van der Waals surface area contributed by atoms with E-state index < -0.39 is 0 Å². The van der Waals surface area contributed by atoms with E-state index in [1.165, 1.54) is 14.2 Å². The smallest absolute Gasteiger partial charge is 0.409 e. The summed E-state index contributed by atoms with van der Waals surface area (Å²) < 4.78 is 15.4. The van der Waals surface area contributed by atoms with Gasteiger partial charge in [-0.05, 0) is 19.8 Å². The number of rotatable bonds is 5. The van der Waals surface area contributed by atoms with Crippen LogP contribution in [0.15, 0.2) is 12.1 Å². The maximum Gasteiger partial charge on any atom is 0.409 e. The molecule has 1 fully saturated rings. The lowest BCUT2D eigenvalue weighted by molar-refractivity contribution is 0.0959. The molecular weight excluding hydrogens is 362 g/mol.